The molecule has 26 heavy (non-hydrogen) atoms. The zero-order chi connectivity index (χ0) is 18.4. The molecule has 1 aromatic rings. The van der Waals surface area contributed by atoms with Crippen molar-refractivity contribution in [2.24, 2.45) is 11.0 Å². The van der Waals surface area contributed by atoms with E-state index in [1.807, 2.05) is 0 Å². The maximum atomic E-state index is 12.6. The van der Waals surface area contributed by atoms with Crippen LogP contribution in [0, 0.1) is 5.92 Å². The van der Waals surface area contributed by atoms with E-state index in [1.54, 1.807) is 16.4 Å². The maximum absolute atomic E-state index is 12.6. The standard InChI is InChI=1S/C19H30N4O2S/c1-2-6-16-7-9-17(10-8-16)21-22-19-12-11-18(15-20-19)26(24,25)23-13-4-3-5-14-23/h11-12,15-16H,2-10,13-14H2,1H3,(H,20,22). The highest BCUT2D eigenvalue weighted by molar-refractivity contribution is 7.89. The first-order chi connectivity index (χ1) is 12.6. The normalized spacial score (nSPS) is 22.2. The molecule has 0 aromatic carbocycles. The lowest BCUT2D eigenvalue weighted by Crippen LogP contribution is -2.35. The molecule has 7 heteroatoms. The summed E-state index contributed by atoms with van der Waals surface area (Å²) in [7, 11) is -3.42. The van der Waals surface area contributed by atoms with Crippen molar-refractivity contribution in [2.75, 3.05) is 18.5 Å². The third kappa shape index (κ3) is 4.82. The Kier molecular flexibility index (Phi) is 6.64. The molecule has 1 N–H and O–H groups in total. The summed E-state index contributed by atoms with van der Waals surface area (Å²) in [6.45, 7) is 3.45. The molecular formula is C19H30N4O2S. The minimum Gasteiger partial charge on any atom is -0.261 e. The van der Waals surface area contributed by atoms with E-state index in [2.05, 4.69) is 22.4 Å². The zero-order valence-electron chi connectivity index (χ0n) is 15.7. The molecule has 0 radical (unpaired) electrons. The summed E-state index contributed by atoms with van der Waals surface area (Å²) >= 11 is 0. The van der Waals surface area contributed by atoms with Crippen LogP contribution < -0.4 is 5.43 Å². The highest BCUT2D eigenvalue weighted by Crippen LogP contribution is 2.26. The molecule has 0 spiro atoms. The second kappa shape index (κ2) is 8.95. The van der Waals surface area contributed by atoms with Gasteiger partial charge < -0.3 is 0 Å². The molecule has 1 saturated heterocycles. The smallest absolute Gasteiger partial charge is 0.244 e. The first-order valence-corrected chi connectivity index (χ1v) is 11.3. The number of rotatable bonds is 6. The summed E-state index contributed by atoms with van der Waals surface area (Å²) in [4.78, 5) is 4.51. The number of nitrogens with one attached hydrogen (secondary N) is 1. The van der Waals surface area contributed by atoms with Crippen molar-refractivity contribution in [1.82, 2.24) is 9.29 Å². The molecule has 0 unspecified atom stereocenters. The second-order valence-corrected chi connectivity index (χ2v) is 9.30. The number of aromatic nitrogens is 1. The van der Waals surface area contributed by atoms with E-state index in [0.717, 1.165) is 38.0 Å². The summed E-state index contributed by atoms with van der Waals surface area (Å²) in [5.74, 6) is 1.43. The Labute approximate surface area is 157 Å². The minimum atomic E-state index is -3.42. The Morgan fingerprint density at radius 1 is 1.19 bits per heavy atom. The van der Waals surface area contributed by atoms with Gasteiger partial charge in [-0.1, -0.05) is 26.2 Å². The van der Waals surface area contributed by atoms with Gasteiger partial charge in [0.1, 0.15) is 10.7 Å². The second-order valence-electron chi connectivity index (χ2n) is 7.37. The van der Waals surface area contributed by atoms with E-state index in [0.29, 0.717) is 18.9 Å². The monoisotopic (exact) mass is 378 g/mol. The van der Waals surface area contributed by atoms with Gasteiger partial charge in [-0.25, -0.2) is 13.4 Å². The average Bonchev–Trinajstić information content (AvgIpc) is 2.69. The molecule has 0 amide bonds. The molecule has 6 nitrogen and oxygen atoms in total. The van der Waals surface area contributed by atoms with E-state index in [9.17, 15) is 8.42 Å². The molecule has 0 atom stereocenters. The molecule has 2 fully saturated rings. The number of piperidine rings is 1. The maximum Gasteiger partial charge on any atom is 0.244 e. The Morgan fingerprint density at radius 2 is 1.92 bits per heavy atom. The Bertz CT molecular complexity index is 700. The zero-order valence-corrected chi connectivity index (χ0v) is 16.5. The summed E-state index contributed by atoms with van der Waals surface area (Å²) in [6.07, 6.45) is 11.5. The van der Waals surface area contributed by atoms with Crippen LogP contribution in [0.3, 0.4) is 0 Å². The van der Waals surface area contributed by atoms with Gasteiger partial charge in [0, 0.05) is 25.0 Å². The molecule has 2 aliphatic rings. The Hall–Kier alpha value is -1.47. The predicted octanol–water partition coefficient (Wildman–Crippen LogP) is 4.01. The summed E-state index contributed by atoms with van der Waals surface area (Å²) in [5.41, 5.74) is 4.17. The summed E-state index contributed by atoms with van der Waals surface area (Å²) in [5, 5.41) is 4.47. The van der Waals surface area contributed by atoms with E-state index in [-0.39, 0.29) is 4.90 Å². The highest BCUT2D eigenvalue weighted by atomic mass is 32.2. The number of hydrazone groups is 1. The van der Waals surface area contributed by atoms with Crippen LogP contribution in [-0.2, 0) is 10.0 Å². The lowest BCUT2D eigenvalue weighted by molar-refractivity contribution is 0.346. The summed E-state index contributed by atoms with van der Waals surface area (Å²) < 4.78 is 26.8. The largest absolute Gasteiger partial charge is 0.261 e. The molecule has 0 bridgehead atoms. The minimum absolute atomic E-state index is 0.262. The van der Waals surface area contributed by atoms with Gasteiger partial charge in [-0.2, -0.15) is 9.41 Å². The van der Waals surface area contributed by atoms with E-state index >= 15 is 0 Å². The van der Waals surface area contributed by atoms with Gasteiger partial charge in [0.2, 0.25) is 10.0 Å². The quantitative estimate of drug-likeness (QED) is 0.759. The van der Waals surface area contributed by atoms with Gasteiger partial charge in [0.15, 0.2) is 0 Å². The fraction of sp³-hybridized carbons (Fsp3) is 0.684. The third-order valence-corrected chi connectivity index (χ3v) is 7.28. The molecule has 1 aromatic heterocycles. The first-order valence-electron chi connectivity index (χ1n) is 9.87. The van der Waals surface area contributed by atoms with Gasteiger partial charge in [0.25, 0.3) is 0 Å². The van der Waals surface area contributed by atoms with Gasteiger partial charge >= 0.3 is 0 Å². The van der Waals surface area contributed by atoms with Crippen LogP contribution in [0.25, 0.3) is 0 Å². The number of hydrogen-bond donors (Lipinski definition) is 1. The van der Waals surface area contributed by atoms with Crippen LogP contribution in [0.4, 0.5) is 5.82 Å². The number of hydrogen-bond acceptors (Lipinski definition) is 5. The first kappa shape index (κ1) is 19.3. The average molecular weight is 379 g/mol. The molecule has 1 saturated carbocycles. The Morgan fingerprint density at radius 3 is 2.54 bits per heavy atom. The van der Waals surface area contributed by atoms with Crippen molar-refractivity contribution in [3.8, 4) is 0 Å². The van der Waals surface area contributed by atoms with Crippen molar-refractivity contribution < 1.29 is 8.42 Å². The molecule has 144 valence electrons. The molecule has 3 rings (SSSR count). The van der Waals surface area contributed by atoms with Crippen molar-refractivity contribution >= 4 is 21.6 Å². The van der Waals surface area contributed by atoms with E-state index in [4.69, 9.17) is 0 Å². The topological polar surface area (TPSA) is 74.7 Å². The fourth-order valence-corrected chi connectivity index (χ4v) is 5.27. The van der Waals surface area contributed by atoms with Gasteiger partial charge in [-0.15, -0.1) is 0 Å². The number of pyridine rings is 1. The summed E-state index contributed by atoms with van der Waals surface area (Å²) in [6, 6.07) is 3.32. The SMILES string of the molecule is CCCC1CCC(=NNc2ccc(S(=O)(=O)N3CCCCC3)cn2)CC1. The lowest BCUT2D eigenvalue weighted by atomic mass is 9.85. The van der Waals surface area contributed by atoms with Crippen LogP contribution >= 0.6 is 0 Å². The van der Waals surface area contributed by atoms with Gasteiger partial charge in [-0.05, 0) is 56.6 Å². The highest BCUT2D eigenvalue weighted by Gasteiger charge is 2.26. The molecule has 1 aliphatic carbocycles. The van der Waals surface area contributed by atoms with Crippen LogP contribution in [0.1, 0.15) is 64.7 Å². The number of sulfonamides is 1. The van der Waals surface area contributed by atoms with Crippen LogP contribution in [0.2, 0.25) is 0 Å². The molecule has 2 heterocycles. The number of nitrogens with zero attached hydrogens (tertiary/aromatic N) is 3. The van der Waals surface area contributed by atoms with Crippen molar-refractivity contribution in [3.05, 3.63) is 18.3 Å². The van der Waals surface area contributed by atoms with Crippen molar-refractivity contribution in [2.45, 2.75) is 69.6 Å². The van der Waals surface area contributed by atoms with Crippen LogP contribution in [0.15, 0.2) is 28.3 Å². The lowest BCUT2D eigenvalue weighted by Gasteiger charge is -2.25. The van der Waals surface area contributed by atoms with E-state index in [1.165, 1.54) is 37.6 Å². The van der Waals surface area contributed by atoms with Gasteiger partial charge in [0.05, 0.1) is 0 Å². The van der Waals surface area contributed by atoms with E-state index < -0.39 is 10.0 Å². The van der Waals surface area contributed by atoms with Crippen LogP contribution in [-0.4, -0.2) is 36.5 Å². The fourth-order valence-electron chi connectivity index (χ4n) is 3.81. The van der Waals surface area contributed by atoms with Crippen LogP contribution in [0.5, 0.6) is 0 Å². The Balaban J connectivity index is 1.57. The molecule has 1 aliphatic heterocycles. The van der Waals surface area contributed by atoms with Gasteiger partial charge in [-0.3, -0.25) is 5.43 Å². The third-order valence-electron chi connectivity index (χ3n) is 5.40. The van der Waals surface area contributed by atoms with Crippen molar-refractivity contribution in [3.63, 3.8) is 0 Å². The predicted molar refractivity (Wildman–Crippen MR) is 105 cm³/mol. The van der Waals surface area contributed by atoms with Crippen molar-refractivity contribution in [1.29, 1.82) is 0 Å². The number of anilines is 1. The molecular weight excluding hydrogens is 348 g/mol.